The van der Waals surface area contributed by atoms with Crippen LogP contribution in [0.2, 0.25) is 0 Å². The van der Waals surface area contributed by atoms with Crippen LogP contribution in [0.3, 0.4) is 0 Å². The standard InChI is InChI=1S/C23H23FN2O3S/c1-28-19-11-15-8-9-26(14-22(27)25-17-6-3-5-16(24)12-17)23(21-7-4-10-30-21)18(15)13-20(19)29-2/h3-7,10-13,23H,8-9,14H2,1-2H3,(H,25,27)/t23-/m1/s1. The number of thiophene rings is 1. The van der Waals surface area contributed by atoms with E-state index in [1.165, 1.54) is 17.7 Å². The van der Waals surface area contributed by atoms with Crippen molar-refractivity contribution < 1.29 is 18.7 Å². The average molecular weight is 427 g/mol. The average Bonchev–Trinajstić information content (AvgIpc) is 3.26. The second-order valence-corrected chi connectivity index (χ2v) is 8.08. The first kappa shape index (κ1) is 20.4. The second-order valence-electron chi connectivity index (χ2n) is 7.10. The monoisotopic (exact) mass is 426 g/mol. The number of rotatable bonds is 6. The maximum Gasteiger partial charge on any atom is 0.238 e. The van der Waals surface area contributed by atoms with Crippen LogP contribution in [0.25, 0.3) is 0 Å². The fourth-order valence-electron chi connectivity index (χ4n) is 3.90. The number of benzene rings is 2. The molecule has 0 spiro atoms. The summed E-state index contributed by atoms with van der Waals surface area (Å²) >= 11 is 1.66. The molecule has 2 aromatic carbocycles. The lowest BCUT2D eigenvalue weighted by Crippen LogP contribution is -2.40. The number of carbonyl (C=O) groups is 1. The smallest absolute Gasteiger partial charge is 0.238 e. The summed E-state index contributed by atoms with van der Waals surface area (Å²) in [7, 11) is 3.25. The van der Waals surface area contributed by atoms with Gasteiger partial charge in [-0.25, -0.2) is 4.39 Å². The van der Waals surface area contributed by atoms with Gasteiger partial charge in [0, 0.05) is 17.1 Å². The molecular formula is C23H23FN2O3S. The summed E-state index contributed by atoms with van der Waals surface area (Å²) in [4.78, 5) is 16.0. The summed E-state index contributed by atoms with van der Waals surface area (Å²) in [5, 5.41) is 4.84. The summed E-state index contributed by atoms with van der Waals surface area (Å²) in [6.45, 7) is 0.925. The van der Waals surface area contributed by atoms with Crippen molar-refractivity contribution in [2.45, 2.75) is 12.5 Å². The first-order valence-corrected chi connectivity index (χ1v) is 10.5. The zero-order valence-electron chi connectivity index (χ0n) is 16.9. The van der Waals surface area contributed by atoms with Gasteiger partial charge in [-0.1, -0.05) is 12.1 Å². The van der Waals surface area contributed by atoms with E-state index in [9.17, 15) is 9.18 Å². The Hall–Kier alpha value is -2.90. The molecule has 1 aliphatic heterocycles. The van der Waals surface area contributed by atoms with Crippen LogP contribution in [-0.2, 0) is 11.2 Å². The Bertz CT molecular complexity index is 1040. The van der Waals surface area contributed by atoms with Crippen molar-refractivity contribution in [2.24, 2.45) is 0 Å². The van der Waals surface area contributed by atoms with Crippen LogP contribution >= 0.6 is 11.3 Å². The van der Waals surface area contributed by atoms with Gasteiger partial charge in [0.05, 0.1) is 26.8 Å². The van der Waals surface area contributed by atoms with Gasteiger partial charge >= 0.3 is 0 Å². The van der Waals surface area contributed by atoms with Crippen LogP contribution in [0.1, 0.15) is 22.0 Å². The van der Waals surface area contributed by atoms with Gasteiger partial charge in [0.15, 0.2) is 11.5 Å². The van der Waals surface area contributed by atoms with Crippen LogP contribution in [0.4, 0.5) is 10.1 Å². The number of methoxy groups -OCH3 is 2. The molecule has 4 rings (SSSR count). The lowest BCUT2D eigenvalue weighted by Gasteiger charge is -2.37. The van der Waals surface area contributed by atoms with Gasteiger partial charge in [-0.05, 0) is 59.3 Å². The molecule has 0 saturated heterocycles. The van der Waals surface area contributed by atoms with Crippen LogP contribution < -0.4 is 14.8 Å². The minimum absolute atomic E-state index is 0.0631. The third-order valence-electron chi connectivity index (χ3n) is 5.24. The fourth-order valence-corrected chi connectivity index (χ4v) is 4.78. The Morgan fingerprint density at radius 1 is 1.17 bits per heavy atom. The van der Waals surface area contributed by atoms with E-state index in [-0.39, 0.29) is 24.3 Å². The summed E-state index contributed by atoms with van der Waals surface area (Å²) in [5.74, 6) is 0.825. The number of halogens is 1. The van der Waals surface area contributed by atoms with E-state index in [0.717, 1.165) is 23.4 Å². The molecule has 156 valence electrons. The molecule has 7 heteroatoms. The summed E-state index contributed by atoms with van der Waals surface area (Å²) in [6, 6.07) is 14.0. The van der Waals surface area contributed by atoms with Crippen molar-refractivity contribution in [2.75, 3.05) is 32.6 Å². The Morgan fingerprint density at radius 3 is 2.67 bits per heavy atom. The minimum Gasteiger partial charge on any atom is -0.493 e. The maximum absolute atomic E-state index is 13.4. The summed E-state index contributed by atoms with van der Waals surface area (Å²) in [6.07, 6.45) is 0.796. The molecule has 1 N–H and O–H groups in total. The molecule has 1 amide bonds. The second kappa shape index (κ2) is 8.85. The van der Waals surface area contributed by atoms with Crippen molar-refractivity contribution in [3.8, 4) is 11.5 Å². The molecule has 0 fully saturated rings. The number of fused-ring (bicyclic) bond motifs is 1. The predicted molar refractivity (Wildman–Crippen MR) is 116 cm³/mol. The number of anilines is 1. The predicted octanol–water partition coefficient (Wildman–Crippen LogP) is 4.49. The van der Waals surface area contributed by atoms with Crippen molar-refractivity contribution in [3.05, 3.63) is 75.7 Å². The maximum atomic E-state index is 13.4. The van der Waals surface area contributed by atoms with E-state index in [1.54, 1.807) is 37.7 Å². The SMILES string of the molecule is COc1cc2c(cc1OC)[C@H](c1cccs1)N(CC(=O)Nc1cccc(F)c1)CC2. The van der Waals surface area contributed by atoms with Crippen LogP contribution in [0, 0.1) is 5.82 Å². The lowest BCUT2D eigenvalue weighted by molar-refractivity contribution is -0.117. The number of carbonyl (C=O) groups excluding carboxylic acids is 1. The molecule has 30 heavy (non-hydrogen) atoms. The zero-order valence-corrected chi connectivity index (χ0v) is 17.7. The Morgan fingerprint density at radius 2 is 1.97 bits per heavy atom. The van der Waals surface area contributed by atoms with Crippen molar-refractivity contribution in [1.82, 2.24) is 4.90 Å². The molecule has 1 aliphatic rings. The van der Waals surface area contributed by atoms with E-state index in [0.29, 0.717) is 17.2 Å². The zero-order chi connectivity index (χ0) is 21.1. The van der Waals surface area contributed by atoms with E-state index >= 15 is 0 Å². The van der Waals surface area contributed by atoms with Gasteiger partial charge in [-0.15, -0.1) is 11.3 Å². The quantitative estimate of drug-likeness (QED) is 0.631. The van der Waals surface area contributed by atoms with Gasteiger partial charge < -0.3 is 14.8 Å². The highest BCUT2D eigenvalue weighted by Gasteiger charge is 2.32. The minimum atomic E-state index is -0.378. The number of amides is 1. The number of ether oxygens (including phenoxy) is 2. The van der Waals surface area contributed by atoms with Crippen molar-refractivity contribution in [3.63, 3.8) is 0 Å². The molecule has 2 heterocycles. The summed E-state index contributed by atoms with van der Waals surface area (Å²) in [5.41, 5.74) is 2.75. The van der Waals surface area contributed by atoms with Crippen LogP contribution in [-0.4, -0.2) is 38.1 Å². The highest BCUT2D eigenvalue weighted by molar-refractivity contribution is 7.10. The van der Waals surface area contributed by atoms with Gasteiger partial charge in [-0.3, -0.25) is 9.69 Å². The van der Waals surface area contributed by atoms with E-state index in [2.05, 4.69) is 16.3 Å². The largest absolute Gasteiger partial charge is 0.493 e. The van der Waals surface area contributed by atoms with Crippen LogP contribution in [0.15, 0.2) is 53.9 Å². The Kier molecular flexibility index (Phi) is 6.01. The number of nitrogens with zero attached hydrogens (tertiary/aromatic N) is 1. The van der Waals surface area contributed by atoms with Crippen molar-refractivity contribution in [1.29, 1.82) is 0 Å². The lowest BCUT2D eigenvalue weighted by atomic mass is 9.91. The molecule has 0 saturated carbocycles. The molecule has 3 aromatic rings. The normalized spacial score (nSPS) is 16.0. The van der Waals surface area contributed by atoms with E-state index in [1.807, 2.05) is 23.6 Å². The molecule has 0 aliphatic carbocycles. The number of hydrogen-bond donors (Lipinski definition) is 1. The van der Waals surface area contributed by atoms with Crippen molar-refractivity contribution >= 4 is 22.9 Å². The third kappa shape index (κ3) is 4.17. The topological polar surface area (TPSA) is 50.8 Å². The van der Waals surface area contributed by atoms with Crippen LogP contribution in [0.5, 0.6) is 11.5 Å². The Labute approximate surface area is 179 Å². The molecular weight excluding hydrogens is 403 g/mol. The molecule has 1 atom stereocenters. The number of hydrogen-bond acceptors (Lipinski definition) is 5. The van der Waals surface area contributed by atoms with E-state index < -0.39 is 0 Å². The van der Waals surface area contributed by atoms with Gasteiger partial charge in [0.2, 0.25) is 5.91 Å². The summed E-state index contributed by atoms with van der Waals surface area (Å²) < 4.78 is 24.4. The Balaban J connectivity index is 1.63. The molecule has 0 radical (unpaired) electrons. The molecule has 0 bridgehead atoms. The van der Waals surface area contributed by atoms with Gasteiger partial charge in [0.1, 0.15) is 5.82 Å². The first-order chi connectivity index (χ1) is 14.6. The highest BCUT2D eigenvalue weighted by atomic mass is 32.1. The van der Waals surface area contributed by atoms with Gasteiger partial charge in [-0.2, -0.15) is 0 Å². The molecule has 0 unspecified atom stereocenters. The first-order valence-electron chi connectivity index (χ1n) is 9.66. The fraction of sp³-hybridized carbons (Fsp3) is 0.261. The number of nitrogens with one attached hydrogen (secondary N) is 1. The molecule has 1 aromatic heterocycles. The third-order valence-corrected chi connectivity index (χ3v) is 6.17. The van der Waals surface area contributed by atoms with Gasteiger partial charge in [0.25, 0.3) is 0 Å². The highest BCUT2D eigenvalue weighted by Crippen LogP contribution is 2.42. The van der Waals surface area contributed by atoms with E-state index in [4.69, 9.17) is 9.47 Å². The molecule has 5 nitrogen and oxygen atoms in total.